The van der Waals surface area contributed by atoms with Crippen LogP contribution in [0.3, 0.4) is 0 Å². The molecule has 5 heteroatoms. The van der Waals surface area contributed by atoms with E-state index in [1.54, 1.807) is 0 Å². The summed E-state index contributed by atoms with van der Waals surface area (Å²) in [7, 11) is 0. The average Bonchev–Trinajstić information content (AvgIpc) is 3.02. The summed E-state index contributed by atoms with van der Waals surface area (Å²) in [6.45, 7) is 0.867. The zero-order valence-corrected chi connectivity index (χ0v) is 16.6. The third-order valence-electron chi connectivity index (χ3n) is 5.19. The maximum Gasteiger partial charge on any atom is 0.257 e. The van der Waals surface area contributed by atoms with Crippen molar-refractivity contribution in [3.05, 3.63) is 108 Å². The number of rotatable bonds is 8. The van der Waals surface area contributed by atoms with Gasteiger partial charge in [0.25, 0.3) is 5.91 Å². The summed E-state index contributed by atoms with van der Waals surface area (Å²) in [5.41, 5.74) is 2.87. The van der Waals surface area contributed by atoms with Gasteiger partial charge in [0.2, 0.25) is 0 Å². The molecular weight excluding hydrogens is 378 g/mol. The minimum absolute atomic E-state index is 0.264. The van der Waals surface area contributed by atoms with Gasteiger partial charge < -0.3 is 19.5 Å². The second kappa shape index (κ2) is 9.67. The molecule has 5 nitrogen and oxygen atoms in total. The van der Waals surface area contributed by atoms with Gasteiger partial charge in [-0.05, 0) is 16.7 Å². The Bertz CT molecular complexity index is 933. The number of carbonyl (C=O) groups is 1. The number of nitrogens with zero attached hydrogens (tertiary/aromatic N) is 1. The van der Waals surface area contributed by atoms with Crippen molar-refractivity contribution in [2.75, 3.05) is 0 Å². The Labute approximate surface area is 176 Å². The lowest BCUT2D eigenvalue weighted by Gasteiger charge is -2.23. The Morgan fingerprint density at radius 2 is 1.17 bits per heavy atom. The lowest BCUT2D eigenvalue weighted by atomic mass is 10.2. The minimum atomic E-state index is -1.08. The minimum Gasteiger partial charge on any atom is -0.371 e. The van der Waals surface area contributed by atoms with Crippen LogP contribution in [0.4, 0.5) is 0 Å². The predicted molar refractivity (Wildman–Crippen MR) is 113 cm³/mol. The molecule has 4 rings (SSSR count). The van der Waals surface area contributed by atoms with E-state index in [4.69, 9.17) is 9.47 Å². The van der Waals surface area contributed by atoms with Gasteiger partial charge in [-0.2, -0.15) is 0 Å². The van der Waals surface area contributed by atoms with Crippen LogP contribution in [-0.4, -0.2) is 34.3 Å². The molecular formula is C25H25NO4. The van der Waals surface area contributed by atoms with E-state index in [1.165, 1.54) is 4.90 Å². The van der Waals surface area contributed by atoms with E-state index in [0.29, 0.717) is 13.2 Å². The first-order valence-electron chi connectivity index (χ1n) is 10.1. The Kier molecular flexibility index (Phi) is 6.54. The monoisotopic (exact) mass is 403 g/mol. The Morgan fingerprint density at radius 3 is 1.70 bits per heavy atom. The normalized spacial score (nSPS) is 21.2. The molecule has 1 unspecified atom stereocenters. The number of hydrogen-bond donors (Lipinski definition) is 1. The van der Waals surface area contributed by atoms with Crippen LogP contribution >= 0.6 is 0 Å². The number of likely N-dealkylation sites (tertiary alicyclic amines) is 1. The summed E-state index contributed by atoms with van der Waals surface area (Å²) in [5.74, 6) is -0.264. The van der Waals surface area contributed by atoms with Crippen molar-refractivity contribution in [2.45, 2.75) is 38.2 Å². The second-order valence-corrected chi connectivity index (χ2v) is 7.34. The number of hydrogen-bond acceptors (Lipinski definition) is 4. The van der Waals surface area contributed by atoms with Gasteiger partial charge in [-0.15, -0.1) is 0 Å². The van der Waals surface area contributed by atoms with Crippen molar-refractivity contribution in [3.8, 4) is 0 Å². The zero-order chi connectivity index (χ0) is 20.8. The van der Waals surface area contributed by atoms with Crippen molar-refractivity contribution < 1.29 is 19.4 Å². The Hall–Kier alpha value is -2.99. The molecule has 1 saturated heterocycles. The van der Waals surface area contributed by atoms with Gasteiger partial charge >= 0.3 is 0 Å². The summed E-state index contributed by atoms with van der Waals surface area (Å²) in [4.78, 5) is 14.6. The molecule has 1 fully saturated rings. The third kappa shape index (κ3) is 4.76. The molecule has 0 bridgehead atoms. The first kappa shape index (κ1) is 20.3. The second-order valence-electron chi connectivity index (χ2n) is 7.34. The van der Waals surface area contributed by atoms with E-state index >= 15 is 0 Å². The molecule has 1 aliphatic heterocycles. The van der Waals surface area contributed by atoms with Gasteiger partial charge in [0.15, 0.2) is 12.3 Å². The van der Waals surface area contributed by atoms with Crippen molar-refractivity contribution in [1.29, 1.82) is 0 Å². The van der Waals surface area contributed by atoms with E-state index < -0.39 is 18.4 Å². The van der Waals surface area contributed by atoms with Crippen LogP contribution in [0.1, 0.15) is 16.7 Å². The van der Waals surface area contributed by atoms with E-state index in [1.807, 2.05) is 91.0 Å². The average molecular weight is 403 g/mol. The fourth-order valence-corrected chi connectivity index (χ4v) is 3.59. The lowest BCUT2D eigenvalue weighted by molar-refractivity contribution is -0.142. The van der Waals surface area contributed by atoms with Gasteiger partial charge in [0.05, 0.1) is 13.2 Å². The molecule has 1 heterocycles. The van der Waals surface area contributed by atoms with Crippen LogP contribution in [0.25, 0.3) is 0 Å². The van der Waals surface area contributed by atoms with Gasteiger partial charge in [-0.3, -0.25) is 4.79 Å². The summed E-state index contributed by atoms with van der Waals surface area (Å²) in [5, 5.41) is 10.9. The highest BCUT2D eigenvalue weighted by molar-refractivity contribution is 5.84. The van der Waals surface area contributed by atoms with Crippen LogP contribution < -0.4 is 0 Å². The maximum absolute atomic E-state index is 13.1. The fourth-order valence-electron chi connectivity index (χ4n) is 3.59. The van der Waals surface area contributed by atoms with Crippen LogP contribution in [0.2, 0.25) is 0 Å². The number of aliphatic hydroxyl groups is 1. The summed E-state index contributed by atoms with van der Waals surface area (Å²) < 4.78 is 12.0. The molecule has 0 radical (unpaired) electrons. The smallest absolute Gasteiger partial charge is 0.257 e. The van der Waals surface area contributed by atoms with Gasteiger partial charge in [0, 0.05) is 6.54 Å². The Morgan fingerprint density at radius 1 is 0.700 bits per heavy atom. The molecule has 0 saturated carbocycles. The molecule has 3 aromatic rings. The standard InChI is InChI=1S/C25H25NO4/c27-24-22(29-17-20-12-6-2-7-13-20)23(30-18-21-14-8-3-9-15-21)25(28)26(24)16-19-10-4-1-5-11-19/h1-15,22-24,27H,16-18H2/t22-,23-,24?/m1/s1. The maximum atomic E-state index is 13.1. The molecule has 3 aromatic carbocycles. The van der Waals surface area contributed by atoms with Crippen molar-refractivity contribution in [1.82, 2.24) is 4.90 Å². The van der Waals surface area contributed by atoms with E-state index in [9.17, 15) is 9.90 Å². The first-order valence-corrected chi connectivity index (χ1v) is 10.1. The molecule has 1 amide bonds. The fraction of sp³-hybridized carbons (Fsp3) is 0.240. The van der Waals surface area contributed by atoms with E-state index in [2.05, 4.69) is 0 Å². The van der Waals surface area contributed by atoms with Crippen molar-refractivity contribution >= 4 is 5.91 Å². The van der Waals surface area contributed by atoms with Crippen molar-refractivity contribution in [3.63, 3.8) is 0 Å². The van der Waals surface area contributed by atoms with E-state index in [0.717, 1.165) is 16.7 Å². The van der Waals surface area contributed by atoms with E-state index in [-0.39, 0.29) is 12.5 Å². The highest BCUT2D eigenvalue weighted by Crippen LogP contribution is 2.27. The Balaban J connectivity index is 1.50. The SMILES string of the molecule is O=C1[C@H](OCc2ccccc2)[C@@H](OCc2ccccc2)C(O)N1Cc1ccccc1. The van der Waals surface area contributed by atoms with Crippen LogP contribution in [0, 0.1) is 0 Å². The number of benzene rings is 3. The van der Waals surface area contributed by atoms with Gasteiger partial charge in [0.1, 0.15) is 6.10 Å². The zero-order valence-electron chi connectivity index (χ0n) is 16.6. The third-order valence-corrected chi connectivity index (χ3v) is 5.19. The molecule has 0 aliphatic carbocycles. The summed E-state index contributed by atoms with van der Waals surface area (Å²) in [6, 6.07) is 29.0. The molecule has 1 aliphatic rings. The highest BCUT2D eigenvalue weighted by atomic mass is 16.6. The number of aliphatic hydroxyl groups excluding tert-OH is 1. The quantitative estimate of drug-likeness (QED) is 0.625. The lowest BCUT2D eigenvalue weighted by Crippen LogP contribution is -2.38. The predicted octanol–water partition coefficient (Wildman–Crippen LogP) is 3.52. The van der Waals surface area contributed by atoms with Gasteiger partial charge in [-0.1, -0.05) is 91.0 Å². The molecule has 154 valence electrons. The highest BCUT2D eigenvalue weighted by Gasteiger charge is 2.49. The summed E-state index contributed by atoms with van der Waals surface area (Å²) >= 11 is 0. The first-order chi connectivity index (χ1) is 14.7. The summed E-state index contributed by atoms with van der Waals surface area (Å²) in [6.07, 6.45) is -2.72. The topological polar surface area (TPSA) is 59.0 Å². The van der Waals surface area contributed by atoms with Crippen LogP contribution in [0.15, 0.2) is 91.0 Å². The van der Waals surface area contributed by atoms with Crippen LogP contribution in [0.5, 0.6) is 0 Å². The number of ether oxygens (including phenoxy) is 2. The van der Waals surface area contributed by atoms with Crippen LogP contribution in [-0.2, 0) is 34.0 Å². The molecule has 30 heavy (non-hydrogen) atoms. The van der Waals surface area contributed by atoms with Gasteiger partial charge in [-0.25, -0.2) is 0 Å². The number of amides is 1. The number of carbonyl (C=O) groups excluding carboxylic acids is 1. The van der Waals surface area contributed by atoms with Crippen molar-refractivity contribution in [2.24, 2.45) is 0 Å². The largest absolute Gasteiger partial charge is 0.371 e. The molecule has 0 aromatic heterocycles. The molecule has 1 N–H and O–H groups in total. The molecule has 0 spiro atoms. The molecule has 3 atom stereocenters.